The van der Waals surface area contributed by atoms with Gasteiger partial charge in [-0.15, -0.1) is 24.0 Å². The first-order valence-corrected chi connectivity index (χ1v) is 9.70. The number of aliphatic imine (C=N–C) groups is 1. The highest BCUT2D eigenvalue weighted by Gasteiger charge is 2.34. The van der Waals surface area contributed by atoms with Gasteiger partial charge in [0.15, 0.2) is 5.96 Å². The molecule has 2 rings (SSSR count). The third-order valence-electron chi connectivity index (χ3n) is 5.36. The van der Waals surface area contributed by atoms with Crippen LogP contribution in [0, 0.1) is 11.8 Å². The summed E-state index contributed by atoms with van der Waals surface area (Å²) in [6, 6.07) is 0. The SMILES string of the molecule is CN=C(NCCCC1CCCCC1)NCC1CCN(CC(F)(F)F)C1.I. The number of nitrogens with zero attached hydrogens (tertiary/aromatic N) is 2. The summed E-state index contributed by atoms with van der Waals surface area (Å²) in [5.41, 5.74) is 0. The maximum atomic E-state index is 12.4. The van der Waals surface area contributed by atoms with Gasteiger partial charge in [-0.25, -0.2) is 0 Å². The van der Waals surface area contributed by atoms with Crippen LogP contribution in [0.1, 0.15) is 51.4 Å². The molecule has 4 nitrogen and oxygen atoms in total. The van der Waals surface area contributed by atoms with Crippen molar-refractivity contribution in [3.05, 3.63) is 0 Å². The molecule has 0 aromatic heterocycles. The Kier molecular flexibility index (Phi) is 11.2. The molecule has 0 radical (unpaired) electrons. The quantitative estimate of drug-likeness (QED) is 0.245. The Morgan fingerprint density at radius 3 is 2.46 bits per heavy atom. The second kappa shape index (κ2) is 12.3. The number of hydrogen-bond acceptors (Lipinski definition) is 2. The van der Waals surface area contributed by atoms with Crippen molar-refractivity contribution in [2.75, 3.05) is 39.8 Å². The summed E-state index contributed by atoms with van der Waals surface area (Å²) < 4.78 is 37.3. The molecule has 154 valence electrons. The molecule has 0 aromatic carbocycles. The summed E-state index contributed by atoms with van der Waals surface area (Å²) in [5, 5.41) is 6.59. The van der Waals surface area contributed by atoms with Gasteiger partial charge in [0.2, 0.25) is 0 Å². The first-order chi connectivity index (χ1) is 12.0. The molecule has 1 aliphatic carbocycles. The molecule has 2 fully saturated rings. The first-order valence-electron chi connectivity index (χ1n) is 9.70. The zero-order valence-corrected chi connectivity index (χ0v) is 18.1. The fourth-order valence-corrected chi connectivity index (χ4v) is 4.01. The molecule has 2 N–H and O–H groups in total. The smallest absolute Gasteiger partial charge is 0.356 e. The lowest BCUT2D eigenvalue weighted by atomic mass is 9.86. The van der Waals surface area contributed by atoms with Crippen molar-refractivity contribution < 1.29 is 13.2 Å². The molecular weight excluding hydrogens is 456 g/mol. The predicted molar refractivity (Wildman–Crippen MR) is 111 cm³/mol. The van der Waals surface area contributed by atoms with Gasteiger partial charge in [0.1, 0.15) is 0 Å². The van der Waals surface area contributed by atoms with Crippen LogP contribution in [0.5, 0.6) is 0 Å². The number of rotatable bonds is 7. The maximum Gasteiger partial charge on any atom is 0.401 e. The zero-order valence-electron chi connectivity index (χ0n) is 15.8. The van der Waals surface area contributed by atoms with Crippen LogP contribution >= 0.6 is 24.0 Å². The Morgan fingerprint density at radius 1 is 1.08 bits per heavy atom. The van der Waals surface area contributed by atoms with Crippen LogP contribution in [0.25, 0.3) is 0 Å². The molecule has 0 bridgehead atoms. The molecule has 2 aliphatic rings. The van der Waals surface area contributed by atoms with Crippen molar-refractivity contribution in [2.45, 2.75) is 57.5 Å². The van der Waals surface area contributed by atoms with Gasteiger partial charge in [-0.3, -0.25) is 9.89 Å². The van der Waals surface area contributed by atoms with Gasteiger partial charge >= 0.3 is 6.18 Å². The molecule has 0 aromatic rings. The van der Waals surface area contributed by atoms with Crippen molar-refractivity contribution >= 4 is 29.9 Å². The molecule has 8 heteroatoms. The van der Waals surface area contributed by atoms with E-state index < -0.39 is 12.7 Å². The Hall–Kier alpha value is -0.250. The van der Waals surface area contributed by atoms with Gasteiger partial charge in [0, 0.05) is 26.7 Å². The van der Waals surface area contributed by atoms with Crippen molar-refractivity contribution in [1.82, 2.24) is 15.5 Å². The van der Waals surface area contributed by atoms with Gasteiger partial charge in [0.05, 0.1) is 6.54 Å². The minimum atomic E-state index is -4.10. The van der Waals surface area contributed by atoms with Gasteiger partial charge in [-0.1, -0.05) is 32.1 Å². The summed E-state index contributed by atoms with van der Waals surface area (Å²) in [4.78, 5) is 5.71. The second-order valence-corrected chi connectivity index (χ2v) is 7.53. The van der Waals surface area contributed by atoms with E-state index >= 15 is 0 Å². The number of hydrogen-bond donors (Lipinski definition) is 2. The average Bonchev–Trinajstić information content (AvgIpc) is 3.00. The lowest BCUT2D eigenvalue weighted by Gasteiger charge is -2.21. The van der Waals surface area contributed by atoms with E-state index in [1.807, 2.05) is 0 Å². The van der Waals surface area contributed by atoms with E-state index in [-0.39, 0.29) is 29.9 Å². The topological polar surface area (TPSA) is 39.7 Å². The van der Waals surface area contributed by atoms with Gasteiger partial charge in [-0.2, -0.15) is 13.2 Å². The Labute approximate surface area is 172 Å². The highest BCUT2D eigenvalue weighted by atomic mass is 127. The third-order valence-corrected chi connectivity index (χ3v) is 5.36. The molecular formula is C18H34F3IN4. The van der Waals surface area contributed by atoms with E-state index in [9.17, 15) is 13.2 Å². The summed E-state index contributed by atoms with van der Waals surface area (Å²) in [6.45, 7) is 1.82. The van der Waals surface area contributed by atoms with Crippen LogP contribution in [-0.2, 0) is 0 Å². The summed E-state index contributed by atoms with van der Waals surface area (Å²) in [7, 11) is 1.74. The fourth-order valence-electron chi connectivity index (χ4n) is 4.01. The highest BCUT2D eigenvalue weighted by molar-refractivity contribution is 14.0. The van der Waals surface area contributed by atoms with Gasteiger partial charge in [0.25, 0.3) is 0 Å². The first kappa shape index (κ1) is 23.8. The molecule has 1 saturated carbocycles. The summed E-state index contributed by atoms with van der Waals surface area (Å²) in [5.74, 6) is 1.91. The molecule has 0 spiro atoms. The Balaban J connectivity index is 0.00000338. The second-order valence-electron chi connectivity index (χ2n) is 7.53. The molecule has 1 unspecified atom stereocenters. The van der Waals surface area contributed by atoms with Gasteiger partial charge in [-0.05, 0) is 37.6 Å². The zero-order chi connectivity index (χ0) is 18.1. The van der Waals surface area contributed by atoms with Crippen LogP contribution in [-0.4, -0.2) is 56.8 Å². The summed E-state index contributed by atoms with van der Waals surface area (Å²) in [6.07, 6.45) is 6.05. The van der Waals surface area contributed by atoms with E-state index in [0.29, 0.717) is 19.6 Å². The average molecular weight is 490 g/mol. The normalized spacial score (nSPS) is 22.9. The largest absolute Gasteiger partial charge is 0.401 e. The lowest BCUT2D eigenvalue weighted by Crippen LogP contribution is -2.41. The van der Waals surface area contributed by atoms with Gasteiger partial charge < -0.3 is 10.6 Å². The van der Waals surface area contributed by atoms with Crippen molar-refractivity contribution in [2.24, 2.45) is 16.8 Å². The van der Waals surface area contributed by atoms with E-state index in [1.165, 1.54) is 43.4 Å². The van der Waals surface area contributed by atoms with Crippen LogP contribution < -0.4 is 10.6 Å². The molecule has 1 heterocycles. The van der Waals surface area contributed by atoms with Crippen molar-refractivity contribution in [3.63, 3.8) is 0 Å². The van der Waals surface area contributed by atoms with E-state index in [1.54, 1.807) is 7.05 Å². The predicted octanol–water partition coefficient (Wildman–Crippen LogP) is 4.01. The van der Waals surface area contributed by atoms with Crippen LogP contribution in [0.15, 0.2) is 4.99 Å². The molecule has 1 atom stereocenters. The minimum Gasteiger partial charge on any atom is -0.356 e. The lowest BCUT2D eigenvalue weighted by molar-refractivity contribution is -0.143. The van der Waals surface area contributed by atoms with Crippen LogP contribution in [0.2, 0.25) is 0 Å². The van der Waals surface area contributed by atoms with Crippen LogP contribution in [0.4, 0.5) is 13.2 Å². The number of guanidine groups is 1. The summed E-state index contributed by atoms with van der Waals surface area (Å²) >= 11 is 0. The van der Waals surface area contributed by atoms with Crippen molar-refractivity contribution in [3.8, 4) is 0 Å². The van der Waals surface area contributed by atoms with E-state index in [0.717, 1.165) is 31.3 Å². The number of likely N-dealkylation sites (tertiary alicyclic amines) is 1. The minimum absolute atomic E-state index is 0. The highest BCUT2D eigenvalue weighted by Crippen LogP contribution is 2.27. The molecule has 26 heavy (non-hydrogen) atoms. The van der Waals surface area contributed by atoms with E-state index in [2.05, 4.69) is 15.6 Å². The number of nitrogens with one attached hydrogen (secondary N) is 2. The maximum absolute atomic E-state index is 12.4. The van der Waals surface area contributed by atoms with E-state index in [4.69, 9.17) is 0 Å². The number of alkyl halides is 3. The number of halogens is 4. The monoisotopic (exact) mass is 490 g/mol. The third kappa shape index (κ3) is 9.62. The molecule has 0 amide bonds. The standard InChI is InChI=1S/C18H33F3N4.HI/c1-22-17(23-10-5-8-15-6-3-2-4-7-15)24-12-16-9-11-25(13-16)14-18(19,20)21;/h15-16H,2-14H2,1H3,(H2,22,23,24);1H. The fraction of sp³-hybridized carbons (Fsp3) is 0.944. The molecule has 1 saturated heterocycles. The Bertz CT molecular complexity index is 412. The molecule has 1 aliphatic heterocycles. The van der Waals surface area contributed by atoms with Crippen LogP contribution in [0.3, 0.4) is 0 Å². The Morgan fingerprint density at radius 2 is 1.81 bits per heavy atom. The van der Waals surface area contributed by atoms with Crippen molar-refractivity contribution in [1.29, 1.82) is 0 Å².